The quantitative estimate of drug-likeness (QED) is 0.688. The van der Waals surface area contributed by atoms with Crippen molar-refractivity contribution >= 4 is 35.6 Å². The fourth-order valence-corrected chi connectivity index (χ4v) is 1.77. The molecule has 1 N–H and O–H groups in total. The van der Waals surface area contributed by atoms with E-state index in [0.29, 0.717) is 11.8 Å². The number of hydrogen-bond donors (Lipinski definition) is 1. The Labute approximate surface area is 121 Å². The second-order valence-electron chi connectivity index (χ2n) is 4.81. The van der Waals surface area contributed by atoms with Crippen LogP contribution in [0.3, 0.4) is 0 Å². The standard InChI is InChI=1S/C12H14Cl2N2O3/c1-12(2,3)19-11(18)15-8(6-17)7-4-9(13)16-10(14)5-7/h4-6,8H,1-3H3,(H,15,18). The number of ether oxygens (including phenoxy) is 1. The van der Waals surface area contributed by atoms with Crippen LogP contribution in [0.1, 0.15) is 32.4 Å². The molecule has 1 atom stereocenters. The van der Waals surface area contributed by atoms with Crippen molar-refractivity contribution in [1.82, 2.24) is 10.3 Å². The summed E-state index contributed by atoms with van der Waals surface area (Å²) >= 11 is 11.5. The summed E-state index contributed by atoms with van der Waals surface area (Å²) in [5, 5.41) is 2.70. The number of amides is 1. The molecule has 0 aliphatic rings. The van der Waals surface area contributed by atoms with Gasteiger partial charge in [0.1, 0.15) is 28.2 Å². The van der Waals surface area contributed by atoms with Crippen LogP contribution < -0.4 is 5.32 Å². The lowest BCUT2D eigenvalue weighted by molar-refractivity contribution is -0.109. The van der Waals surface area contributed by atoms with Crippen LogP contribution in [0.25, 0.3) is 0 Å². The number of nitrogens with one attached hydrogen (secondary N) is 1. The van der Waals surface area contributed by atoms with E-state index in [-0.39, 0.29) is 10.3 Å². The zero-order valence-corrected chi connectivity index (χ0v) is 12.2. The van der Waals surface area contributed by atoms with Gasteiger partial charge in [0.05, 0.1) is 0 Å². The summed E-state index contributed by atoms with van der Waals surface area (Å²) in [6.45, 7) is 5.17. The van der Waals surface area contributed by atoms with Gasteiger partial charge in [-0.3, -0.25) is 0 Å². The number of carbonyl (C=O) groups is 2. The molecule has 0 aliphatic carbocycles. The zero-order chi connectivity index (χ0) is 14.6. The lowest BCUT2D eigenvalue weighted by atomic mass is 10.1. The van der Waals surface area contributed by atoms with Crippen LogP contribution in [0.15, 0.2) is 12.1 Å². The SMILES string of the molecule is CC(C)(C)OC(=O)NC(C=O)c1cc(Cl)nc(Cl)c1. The predicted octanol–water partition coefficient (Wildman–Crippen LogP) is 3.15. The molecule has 1 amide bonds. The maximum Gasteiger partial charge on any atom is 0.408 e. The fourth-order valence-electron chi connectivity index (χ4n) is 1.29. The van der Waals surface area contributed by atoms with E-state index in [1.807, 2.05) is 0 Å². The Bertz CT molecular complexity index is 466. The van der Waals surface area contributed by atoms with E-state index < -0.39 is 17.7 Å². The van der Waals surface area contributed by atoms with Crippen LogP contribution in [0.5, 0.6) is 0 Å². The highest BCUT2D eigenvalue weighted by Gasteiger charge is 2.20. The summed E-state index contributed by atoms with van der Waals surface area (Å²) < 4.78 is 5.06. The Morgan fingerprint density at radius 3 is 2.32 bits per heavy atom. The topological polar surface area (TPSA) is 68.3 Å². The molecule has 0 fully saturated rings. The summed E-state index contributed by atoms with van der Waals surface area (Å²) in [5.74, 6) is 0. The van der Waals surface area contributed by atoms with Crippen LogP contribution in [-0.2, 0) is 9.53 Å². The molecule has 19 heavy (non-hydrogen) atoms. The van der Waals surface area contributed by atoms with E-state index >= 15 is 0 Å². The Kier molecular flexibility index (Phi) is 5.14. The summed E-state index contributed by atoms with van der Waals surface area (Å²) in [7, 11) is 0. The molecular formula is C12H14Cl2N2O3. The molecule has 1 aromatic rings. The molecule has 0 aromatic carbocycles. The maximum absolute atomic E-state index is 11.6. The number of alkyl carbamates (subject to hydrolysis) is 1. The molecule has 0 saturated heterocycles. The number of aromatic nitrogens is 1. The monoisotopic (exact) mass is 304 g/mol. The average molecular weight is 305 g/mol. The molecule has 104 valence electrons. The summed E-state index contributed by atoms with van der Waals surface area (Å²) in [5.41, 5.74) is -0.212. The van der Waals surface area contributed by atoms with Gasteiger partial charge in [0.2, 0.25) is 0 Å². The van der Waals surface area contributed by atoms with E-state index in [4.69, 9.17) is 27.9 Å². The van der Waals surface area contributed by atoms with Crippen LogP contribution in [-0.4, -0.2) is 23.0 Å². The summed E-state index contributed by atoms with van der Waals surface area (Å²) in [6, 6.07) is 2.00. The van der Waals surface area contributed by atoms with Gasteiger partial charge in [0.15, 0.2) is 0 Å². The Morgan fingerprint density at radius 2 is 1.89 bits per heavy atom. The number of aldehydes is 1. The minimum Gasteiger partial charge on any atom is -0.444 e. The van der Waals surface area contributed by atoms with Crippen molar-refractivity contribution < 1.29 is 14.3 Å². The van der Waals surface area contributed by atoms with E-state index in [0.717, 1.165) is 0 Å². The normalized spacial score (nSPS) is 12.7. The van der Waals surface area contributed by atoms with Crippen molar-refractivity contribution in [2.24, 2.45) is 0 Å². The van der Waals surface area contributed by atoms with Gasteiger partial charge in [-0.05, 0) is 38.5 Å². The van der Waals surface area contributed by atoms with E-state index in [9.17, 15) is 9.59 Å². The molecule has 5 nitrogen and oxygen atoms in total. The van der Waals surface area contributed by atoms with Crippen molar-refractivity contribution in [3.63, 3.8) is 0 Å². The predicted molar refractivity (Wildman–Crippen MR) is 72.4 cm³/mol. The highest BCUT2D eigenvalue weighted by Crippen LogP contribution is 2.20. The minimum atomic E-state index is -0.896. The molecule has 0 bridgehead atoms. The largest absolute Gasteiger partial charge is 0.444 e. The molecule has 1 heterocycles. The lowest BCUT2D eigenvalue weighted by Crippen LogP contribution is -2.35. The zero-order valence-electron chi connectivity index (χ0n) is 10.7. The first-order valence-electron chi connectivity index (χ1n) is 5.49. The number of halogens is 2. The maximum atomic E-state index is 11.6. The molecule has 0 aliphatic heterocycles. The van der Waals surface area contributed by atoms with Gasteiger partial charge >= 0.3 is 6.09 Å². The average Bonchev–Trinajstić information content (AvgIpc) is 2.21. The highest BCUT2D eigenvalue weighted by atomic mass is 35.5. The number of pyridine rings is 1. The van der Waals surface area contributed by atoms with Gasteiger partial charge in [-0.1, -0.05) is 23.2 Å². The number of hydrogen-bond acceptors (Lipinski definition) is 4. The molecule has 0 spiro atoms. The van der Waals surface area contributed by atoms with Gasteiger partial charge < -0.3 is 14.8 Å². The second-order valence-corrected chi connectivity index (χ2v) is 5.58. The lowest BCUT2D eigenvalue weighted by Gasteiger charge is -2.21. The van der Waals surface area contributed by atoms with Crippen LogP contribution in [0.2, 0.25) is 10.3 Å². The molecule has 7 heteroatoms. The smallest absolute Gasteiger partial charge is 0.408 e. The molecule has 1 rings (SSSR count). The Morgan fingerprint density at radius 1 is 1.37 bits per heavy atom. The number of carbonyl (C=O) groups excluding carboxylic acids is 2. The minimum absolute atomic E-state index is 0.139. The van der Waals surface area contributed by atoms with Crippen molar-refractivity contribution in [2.45, 2.75) is 32.4 Å². The first-order valence-corrected chi connectivity index (χ1v) is 6.24. The number of nitrogens with zero attached hydrogens (tertiary/aromatic N) is 1. The van der Waals surface area contributed by atoms with Gasteiger partial charge in [-0.25, -0.2) is 9.78 Å². The van der Waals surface area contributed by atoms with E-state index in [1.165, 1.54) is 12.1 Å². The Balaban J connectivity index is 2.84. The van der Waals surface area contributed by atoms with Crippen LogP contribution >= 0.6 is 23.2 Å². The summed E-state index contributed by atoms with van der Waals surface area (Å²) in [6.07, 6.45) is -0.139. The van der Waals surface area contributed by atoms with Crippen molar-refractivity contribution in [1.29, 1.82) is 0 Å². The first-order chi connectivity index (χ1) is 8.71. The summed E-state index contributed by atoms with van der Waals surface area (Å²) in [4.78, 5) is 26.4. The molecule has 1 aromatic heterocycles. The van der Waals surface area contributed by atoms with Gasteiger partial charge in [-0.2, -0.15) is 0 Å². The van der Waals surface area contributed by atoms with Crippen molar-refractivity contribution in [3.8, 4) is 0 Å². The molecule has 0 radical (unpaired) electrons. The Hall–Kier alpha value is -1.33. The van der Waals surface area contributed by atoms with Crippen molar-refractivity contribution in [2.75, 3.05) is 0 Å². The van der Waals surface area contributed by atoms with E-state index in [1.54, 1.807) is 20.8 Å². The molecular weight excluding hydrogens is 291 g/mol. The highest BCUT2D eigenvalue weighted by molar-refractivity contribution is 6.32. The van der Waals surface area contributed by atoms with Gasteiger partial charge in [-0.15, -0.1) is 0 Å². The third-order valence-corrected chi connectivity index (χ3v) is 2.34. The third-order valence-electron chi connectivity index (χ3n) is 1.95. The fraction of sp³-hybridized carbons (Fsp3) is 0.417. The second kappa shape index (κ2) is 6.21. The first kappa shape index (κ1) is 15.7. The molecule has 0 saturated carbocycles. The van der Waals surface area contributed by atoms with Gasteiger partial charge in [0.25, 0.3) is 0 Å². The number of rotatable bonds is 3. The van der Waals surface area contributed by atoms with Crippen LogP contribution in [0.4, 0.5) is 4.79 Å². The molecule has 1 unspecified atom stereocenters. The third kappa shape index (κ3) is 5.44. The van der Waals surface area contributed by atoms with Crippen molar-refractivity contribution in [3.05, 3.63) is 28.0 Å². The van der Waals surface area contributed by atoms with E-state index in [2.05, 4.69) is 10.3 Å². The van der Waals surface area contributed by atoms with Crippen LogP contribution in [0, 0.1) is 0 Å². The van der Waals surface area contributed by atoms with Gasteiger partial charge in [0, 0.05) is 0 Å².